The molecule has 2 aromatic rings. The summed E-state index contributed by atoms with van der Waals surface area (Å²) >= 11 is 0. The first-order valence-corrected chi connectivity index (χ1v) is 11.9. The molecule has 3 aliphatic rings. The molecule has 2 aliphatic heterocycles. The summed E-state index contributed by atoms with van der Waals surface area (Å²) in [5.41, 5.74) is 1.19. The molecule has 1 aliphatic carbocycles. The summed E-state index contributed by atoms with van der Waals surface area (Å²) in [5, 5.41) is 2.95. The number of amides is 2. The molecule has 1 N–H and O–H groups in total. The fraction of sp³-hybridized carbons (Fsp3) is 0.520. The van der Waals surface area contributed by atoms with E-state index in [-0.39, 0.29) is 30.8 Å². The van der Waals surface area contributed by atoms with Crippen LogP contribution in [0.2, 0.25) is 0 Å². The molecule has 3 fully saturated rings. The van der Waals surface area contributed by atoms with E-state index in [1.165, 1.54) is 4.90 Å². The molecule has 1 saturated carbocycles. The van der Waals surface area contributed by atoms with Crippen LogP contribution in [0.15, 0.2) is 43.0 Å². The molecule has 0 radical (unpaired) electrons. The van der Waals surface area contributed by atoms with Crippen molar-refractivity contribution >= 4 is 17.6 Å². The van der Waals surface area contributed by atoms with Crippen LogP contribution in [0.1, 0.15) is 43.0 Å². The predicted molar refractivity (Wildman–Crippen MR) is 121 cm³/mol. The average Bonchev–Trinajstić information content (AvgIpc) is 3.58. The smallest absolute Gasteiger partial charge is 0.252 e. The van der Waals surface area contributed by atoms with E-state index in [9.17, 15) is 18.8 Å². The lowest BCUT2D eigenvalue weighted by Crippen LogP contribution is -2.55. The molecule has 1 aromatic heterocycles. The zero-order valence-electron chi connectivity index (χ0n) is 19.1. The van der Waals surface area contributed by atoms with Crippen molar-refractivity contribution in [2.45, 2.75) is 57.0 Å². The van der Waals surface area contributed by atoms with Crippen molar-refractivity contribution in [2.75, 3.05) is 13.2 Å². The number of nitrogens with zero attached hydrogens (tertiary/aromatic N) is 3. The largest absolute Gasteiger partial charge is 0.365 e. The van der Waals surface area contributed by atoms with Gasteiger partial charge in [0.2, 0.25) is 5.91 Å². The van der Waals surface area contributed by atoms with Gasteiger partial charge in [0, 0.05) is 23.6 Å². The topological polar surface area (TPSA) is 93.5 Å². The Balaban J connectivity index is 1.39. The molecule has 0 spiro atoms. The van der Waals surface area contributed by atoms with Gasteiger partial charge in [0.25, 0.3) is 5.91 Å². The van der Waals surface area contributed by atoms with Gasteiger partial charge in [0.15, 0.2) is 5.78 Å². The molecule has 9 heteroatoms. The molecular formula is C25H29FN4O4. The third kappa shape index (κ3) is 4.24. The van der Waals surface area contributed by atoms with Crippen LogP contribution in [0.3, 0.4) is 0 Å². The SMILES string of the molecule is CC1CCC([C@H](NC(=O)c2cccc(-n3ccnc3)c2)C(=O)N2C[C@H](F)[C@H]3OCC(=O)[C@H]32)CC1. The van der Waals surface area contributed by atoms with E-state index in [1.54, 1.807) is 41.5 Å². The molecule has 2 amide bonds. The summed E-state index contributed by atoms with van der Waals surface area (Å²) in [7, 11) is 0. The van der Waals surface area contributed by atoms with Gasteiger partial charge < -0.3 is 19.5 Å². The van der Waals surface area contributed by atoms with Gasteiger partial charge in [-0.1, -0.05) is 25.8 Å². The molecule has 0 unspecified atom stereocenters. The first-order valence-electron chi connectivity index (χ1n) is 11.9. The highest BCUT2D eigenvalue weighted by Crippen LogP contribution is 2.34. The van der Waals surface area contributed by atoms with E-state index < -0.39 is 30.3 Å². The maximum Gasteiger partial charge on any atom is 0.252 e. The summed E-state index contributed by atoms with van der Waals surface area (Å²) in [6.45, 7) is 1.81. The number of Topliss-reactive ketones (excluding diaryl/α,β-unsaturated/α-hetero) is 1. The van der Waals surface area contributed by atoms with Gasteiger partial charge in [0.05, 0.1) is 12.9 Å². The number of hydrogen-bond acceptors (Lipinski definition) is 5. The van der Waals surface area contributed by atoms with E-state index in [4.69, 9.17) is 4.74 Å². The number of nitrogens with one attached hydrogen (secondary N) is 1. The molecule has 8 nitrogen and oxygen atoms in total. The van der Waals surface area contributed by atoms with Crippen LogP contribution < -0.4 is 5.32 Å². The molecule has 0 bridgehead atoms. The minimum absolute atomic E-state index is 0.0704. The highest BCUT2D eigenvalue weighted by Gasteiger charge is 2.54. The molecule has 4 atom stereocenters. The summed E-state index contributed by atoms with van der Waals surface area (Å²) < 4.78 is 21.7. The standard InChI is InChI=1S/C25H29FN4O4/c1-15-5-7-16(8-6-15)21(25(33)30-12-19(26)23-22(30)20(31)13-34-23)28-24(32)17-3-2-4-18(11-17)29-10-9-27-14-29/h2-4,9-11,14-16,19,21-23H,5-8,12-13H2,1H3,(H,28,32)/t15?,16?,19-,21-,22+,23+/m0/s1. The van der Waals surface area contributed by atoms with Crippen LogP contribution >= 0.6 is 0 Å². The van der Waals surface area contributed by atoms with Gasteiger partial charge in [-0.05, 0) is 42.9 Å². The maximum absolute atomic E-state index is 14.6. The Labute approximate surface area is 197 Å². The van der Waals surface area contributed by atoms with E-state index in [0.717, 1.165) is 31.4 Å². The van der Waals surface area contributed by atoms with Crippen molar-refractivity contribution in [1.82, 2.24) is 19.8 Å². The second kappa shape index (κ2) is 9.29. The fourth-order valence-corrected chi connectivity index (χ4v) is 5.45. The Hall–Kier alpha value is -3.07. The lowest BCUT2D eigenvalue weighted by atomic mass is 9.78. The predicted octanol–water partition coefficient (Wildman–Crippen LogP) is 2.31. The number of fused-ring (bicyclic) bond motifs is 1. The van der Waals surface area contributed by atoms with E-state index in [1.807, 2.05) is 6.07 Å². The molecule has 5 rings (SSSR count). The molecule has 3 heterocycles. The number of benzene rings is 1. The number of rotatable bonds is 5. The number of imidazole rings is 1. The normalized spacial score (nSPS) is 29.6. The number of alkyl halides is 1. The third-order valence-corrected chi connectivity index (χ3v) is 7.40. The molecule has 34 heavy (non-hydrogen) atoms. The van der Waals surface area contributed by atoms with Crippen LogP contribution in [0, 0.1) is 11.8 Å². The number of carbonyl (C=O) groups excluding carboxylic acids is 3. The Morgan fingerprint density at radius 2 is 2.03 bits per heavy atom. The number of halogens is 1. The second-order valence-electron chi connectivity index (χ2n) is 9.68. The lowest BCUT2D eigenvalue weighted by molar-refractivity contribution is -0.139. The van der Waals surface area contributed by atoms with Crippen molar-refractivity contribution in [3.63, 3.8) is 0 Å². The maximum atomic E-state index is 14.6. The Bertz CT molecular complexity index is 1070. The van der Waals surface area contributed by atoms with Crippen molar-refractivity contribution < 1.29 is 23.5 Å². The first-order chi connectivity index (χ1) is 16.4. The summed E-state index contributed by atoms with van der Waals surface area (Å²) in [6, 6.07) is 5.33. The first kappa shape index (κ1) is 22.7. The minimum Gasteiger partial charge on any atom is -0.365 e. The third-order valence-electron chi connectivity index (χ3n) is 7.40. The number of carbonyl (C=O) groups is 3. The highest BCUT2D eigenvalue weighted by molar-refractivity contribution is 5.99. The zero-order chi connectivity index (χ0) is 23.8. The van der Waals surface area contributed by atoms with Crippen molar-refractivity contribution in [3.05, 3.63) is 48.5 Å². The summed E-state index contributed by atoms with van der Waals surface area (Å²) in [5.74, 6) is -0.563. The van der Waals surface area contributed by atoms with Crippen LogP contribution in [0.25, 0.3) is 5.69 Å². The van der Waals surface area contributed by atoms with E-state index in [0.29, 0.717) is 11.5 Å². The highest BCUT2D eigenvalue weighted by atomic mass is 19.1. The average molecular weight is 469 g/mol. The molecule has 180 valence electrons. The van der Waals surface area contributed by atoms with Crippen LogP contribution in [-0.2, 0) is 14.3 Å². The Morgan fingerprint density at radius 3 is 2.76 bits per heavy atom. The van der Waals surface area contributed by atoms with E-state index in [2.05, 4.69) is 17.2 Å². The van der Waals surface area contributed by atoms with Gasteiger partial charge in [-0.3, -0.25) is 14.4 Å². The van der Waals surface area contributed by atoms with Gasteiger partial charge in [-0.2, -0.15) is 0 Å². The quantitative estimate of drug-likeness (QED) is 0.727. The van der Waals surface area contributed by atoms with E-state index >= 15 is 0 Å². The van der Waals surface area contributed by atoms with Gasteiger partial charge in [-0.15, -0.1) is 0 Å². The van der Waals surface area contributed by atoms with Crippen LogP contribution in [0.4, 0.5) is 4.39 Å². The summed E-state index contributed by atoms with van der Waals surface area (Å²) in [6.07, 6.45) is 6.26. The molecular weight excluding hydrogens is 439 g/mol. The monoisotopic (exact) mass is 468 g/mol. The Kier molecular flexibility index (Phi) is 6.20. The Morgan fingerprint density at radius 1 is 1.24 bits per heavy atom. The van der Waals surface area contributed by atoms with Crippen molar-refractivity contribution in [1.29, 1.82) is 0 Å². The number of aromatic nitrogens is 2. The number of likely N-dealkylation sites (tertiary alicyclic amines) is 1. The fourth-order valence-electron chi connectivity index (χ4n) is 5.45. The number of hydrogen-bond donors (Lipinski definition) is 1. The zero-order valence-corrected chi connectivity index (χ0v) is 19.1. The number of ether oxygens (including phenoxy) is 1. The molecule has 2 saturated heterocycles. The molecule has 1 aromatic carbocycles. The summed E-state index contributed by atoms with van der Waals surface area (Å²) in [4.78, 5) is 44.7. The van der Waals surface area contributed by atoms with Crippen LogP contribution in [-0.4, -0.2) is 69.6 Å². The minimum atomic E-state index is -1.41. The van der Waals surface area contributed by atoms with Gasteiger partial charge in [-0.25, -0.2) is 9.37 Å². The second-order valence-corrected chi connectivity index (χ2v) is 9.68. The number of ketones is 1. The van der Waals surface area contributed by atoms with Crippen LogP contribution in [0.5, 0.6) is 0 Å². The van der Waals surface area contributed by atoms with Gasteiger partial charge >= 0.3 is 0 Å². The van der Waals surface area contributed by atoms with Gasteiger partial charge in [0.1, 0.15) is 31.0 Å². The van der Waals surface area contributed by atoms with Crippen molar-refractivity contribution in [3.8, 4) is 5.69 Å². The lowest BCUT2D eigenvalue weighted by Gasteiger charge is -2.35. The van der Waals surface area contributed by atoms with Crippen molar-refractivity contribution in [2.24, 2.45) is 11.8 Å².